The molecule has 1 fully saturated rings. The molecule has 1 aliphatic carbocycles. The summed E-state index contributed by atoms with van der Waals surface area (Å²) in [6.07, 6.45) is 9.98. The molecule has 2 atom stereocenters. The Kier molecular flexibility index (Phi) is 7.42. The Morgan fingerprint density at radius 1 is 0.903 bits per heavy atom. The standard InChI is InChI=1S/C27H35N3O/c1-21-11-4-2-7-16-24(17-10-12-21)28-29-27(31)26-19-23-15-8-9-18-25(23)30(26)20-22-13-5-3-6-14-22/h3,5-6,8-9,13-15,18-19,21,24,28H,2,4,7,10-12,16-17,20H2,1H3,(H,29,31)/t21-,24-/m1/s1. The Balaban J connectivity index is 1.47. The fourth-order valence-electron chi connectivity index (χ4n) is 4.77. The van der Waals surface area contributed by atoms with Gasteiger partial charge in [-0.05, 0) is 36.5 Å². The van der Waals surface area contributed by atoms with Gasteiger partial charge in [0.05, 0.1) is 0 Å². The van der Waals surface area contributed by atoms with Crippen LogP contribution in [0.5, 0.6) is 0 Å². The molecule has 1 saturated carbocycles. The minimum atomic E-state index is -0.0578. The number of nitrogens with one attached hydrogen (secondary N) is 2. The number of amides is 1. The predicted octanol–water partition coefficient (Wildman–Crippen LogP) is 6.06. The number of rotatable bonds is 5. The van der Waals surface area contributed by atoms with E-state index in [-0.39, 0.29) is 5.91 Å². The number of hydrogen-bond acceptors (Lipinski definition) is 2. The number of carbonyl (C=O) groups is 1. The van der Waals surface area contributed by atoms with Crippen LogP contribution in [0, 0.1) is 5.92 Å². The summed E-state index contributed by atoms with van der Waals surface area (Å²) in [5.74, 6) is 0.764. The van der Waals surface area contributed by atoms with Gasteiger partial charge in [0.2, 0.25) is 0 Å². The first kappa shape index (κ1) is 21.6. The van der Waals surface area contributed by atoms with Gasteiger partial charge >= 0.3 is 0 Å². The molecular formula is C27H35N3O. The summed E-state index contributed by atoms with van der Waals surface area (Å²) in [7, 11) is 0. The Hall–Kier alpha value is -2.59. The lowest BCUT2D eigenvalue weighted by Gasteiger charge is -2.22. The highest BCUT2D eigenvalue weighted by atomic mass is 16.2. The van der Waals surface area contributed by atoms with Crippen molar-refractivity contribution in [3.8, 4) is 0 Å². The molecule has 4 heteroatoms. The van der Waals surface area contributed by atoms with E-state index in [1.165, 1.54) is 44.1 Å². The maximum Gasteiger partial charge on any atom is 0.282 e. The van der Waals surface area contributed by atoms with Gasteiger partial charge in [0.1, 0.15) is 5.69 Å². The van der Waals surface area contributed by atoms with Crippen molar-refractivity contribution in [3.63, 3.8) is 0 Å². The molecule has 1 aromatic heterocycles. The lowest BCUT2D eigenvalue weighted by atomic mass is 9.92. The molecule has 0 radical (unpaired) electrons. The first-order valence-electron chi connectivity index (χ1n) is 11.9. The Morgan fingerprint density at radius 2 is 1.61 bits per heavy atom. The average molecular weight is 418 g/mol. The third kappa shape index (κ3) is 5.76. The van der Waals surface area contributed by atoms with Gasteiger partial charge in [-0.3, -0.25) is 10.2 Å². The minimum Gasteiger partial charge on any atom is -0.332 e. The molecule has 1 amide bonds. The average Bonchev–Trinajstić information content (AvgIpc) is 3.16. The first-order valence-corrected chi connectivity index (χ1v) is 11.9. The zero-order valence-corrected chi connectivity index (χ0v) is 18.6. The van der Waals surface area contributed by atoms with E-state index < -0.39 is 0 Å². The second-order valence-corrected chi connectivity index (χ2v) is 9.13. The molecule has 31 heavy (non-hydrogen) atoms. The van der Waals surface area contributed by atoms with Crippen LogP contribution in [-0.4, -0.2) is 16.5 Å². The number of nitrogens with zero attached hydrogens (tertiary/aromatic N) is 1. The fraction of sp³-hybridized carbons (Fsp3) is 0.444. The zero-order chi connectivity index (χ0) is 21.5. The number of aromatic nitrogens is 1. The number of hydrogen-bond donors (Lipinski definition) is 2. The van der Waals surface area contributed by atoms with Crippen molar-refractivity contribution in [2.45, 2.75) is 70.9 Å². The normalized spacial score (nSPS) is 20.4. The SMILES string of the molecule is C[C@@H]1CCCCC[C@@H](NNC(=O)c2cc3ccccc3n2Cc2ccccc2)CCC1. The van der Waals surface area contributed by atoms with Crippen LogP contribution in [0.2, 0.25) is 0 Å². The first-order chi connectivity index (χ1) is 15.2. The highest BCUT2D eigenvalue weighted by Crippen LogP contribution is 2.23. The summed E-state index contributed by atoms with van der Waals surface area (Å²) in [5.41, 5.74) is 9.39. The molecule has 0 saturated heterocycles. The Morgan fingerprint density at radius 3 is 2.48 bits per heavy atom. The van der Waals surface area contributed by atoms with E-state index in [2.05, 4.69) is 46.6 Å². The van der Waals surface area contributed by atoms with E-state index in [0.717, 1.165) is 29.7 Å². The summed E-state index contributed by atoms with van der Waals surface area (Å²) in [6, 6.07) is 20.9. The molecule has 0 bridgehead atoms. The third-order valence-corrected chi connectivity index (χ3v) is 6.62. The van der Waals surface area contributed by atoms with E-state index in [1.807, 2.05) is 36.4 Å². The molecule has 1 heterocycles. The van der Waals surface area contributed by atoms with E-state index >= 15 is 0 Å². The van der Waals surface area contributed by atoms with Gasteiger partial charge < -0.3 is 4.57 Å². The van der Waals surface area contributed by atoms with Gasteiger partial charge in [-0.1, -0.05) is 94.0 Å². The van der Waals surface area contributed by atoms with Crippen LogP contribution in [-0.2, 0) is 6.54 Å². The number of carbonyl (C=O) groups excluding carboxylic acids is 1. The van der Waals surface area contributed by atoms with Crippen molar-refractivity contribution in [1.29, 1.82) is 0 Å². The summed E-state index contributed by atoms with van der Waals surface area (Å²) in [4.78, 5) is 13.2. The lowest BCUT2D eigenvalue weighted by molar-refractivity contribution is 0.0913. The Labute approximate surface area is 186 Å². The van der Waals surface area contributed by atoms with Crippen molar-refractivity contribution in [3.05, 3.63) is 71.9 Å². The van der Waals surface area contributed by atoms with Crippen molar-refractivity contribution in [2.24, 2.45) is 5.92 Å². The quantitative estimate of drug-likeness (QED) is 0.495. The summed E-state index contributed by atoms with van der Waals surface area (Å²) in [6.45, 7) is 3.05. The molecule has 0 spiro atoms. The topological polar surface area (TPSA) is 46.1 Å². The van der Waals surface area contributed by atoms with Crippen molar-refractivity contribution in [1.82, 2.24) is 15.4 Å². The lowest BCUT2D eigenvalue weighted by Crippen LogP contribution is -2.45. The van der Waals surface area contributed by atoms with Crippen LogP contribution in [0.4, 0.5) is 0 Å². The van der Waals surface area contributed by atoms with Crippen LogP contribution < -0.4 is 10.9 Å². The van der Waals surface area contributed by atoms with Crippen molar-refractivity contribution in [2.75, 3.05) is 0 Å². The predicted molar refractivity (Wildman–Crippen MR) is 128 cm³/mol. The van der Waals surface area contributed by atoms with Crippen LogP contribution in [0.15, 0.2) is 60.7 Å². The van der Waals surface area contributed by atoms with E-state index in [1.54, 1.807) is 0 Å². The van der Waals surface area contributed by atoms with Gasteiger partial charge in [-0.15, -0.1) is 0 Å². The number of para-hydroxylation sites is 1. The summed E-state index contributed by atoms with van der Waals surface area (Å²) < 4.78 is 2.12. The van der Waals surface area contributed by atoms with Gasteiger partial charge in [0.15, 0.2) is 0 Å². The molecule has 0 unspecified atom stereocenters. The second-order valence-electron chi connectivity index (χ2n) is 9.13. The van der Waals surface area contributed by atoms with E-state index in [0.29, 0.717) is 18.3 Å². The molecule has 0 aliphatic heterocycles. The molecule has 4 nitrogen and oxygen atoms in total. The molecule has 1 aliphatic rings. The largest absolute Gasteiger partial charge is 0.332 e. The Bertz CT molecular complexity index is 979. The molecular weight excluding hydrogens is 382 g/mol. The summed E-state index contributed by atoms with van der Waals surface area (Å²) >= 11 is 0. The summed E-state index contributed by atoms with van der Waals surface area (Å²) in [5, 5.41) is 1.09. The highest BCUT2D eigenvalue weighted by molar-refractivity contribution is 5.98. The van der Waals surface area contributed by atoms with Gasteiger partial charge in [0, 0.05) is 23.5 Å². The minimum absolute atomic E-state index is 0.0578. The third-order valence-electron chi connectivity index (χ3n) is 6.62. The zero-order valence-electron chi connectivity index (χ0n) is 18.6. The van der Waals surface area contributed by atoms with Crippen LogP contribution in [0.25, 0.3) is 10.9 Å². The molecule has 4 rings (SSSR count). The van der Waals surface area contributed by atoms with Crippen molar-refractivity contribution >= 4 is 16.8 Å². The number of benzene rings is 2. The fourth-order valence-corrected chi connectivity index (χ4v) is 4.77. The maximum atomic E-state index is 13.2. The second kappa shape index (κ2) is 10.6. The maximum absolute atomic E-state index is 13.2. The number of fused-ring (bicyclic) bond motifs is 1. The number of hydrazine groups is 1. The molecule has 2 N–H and O–H groups in total. The molecule has 3 aromatic rings. The van der Waals surface area contributed by atoms with Gasteiger partial charge in [0.25, 0.3) is 5.91 Å². The van der Waals surface area contributed by atoms with Gasteiger partial charge in [-0.25, -0.2) is 5.43 Å². The van der Waals surface area contributed by atoms with Crippen LogP contribution in [0.1, 0.15) is 74.3 Å². The smallest absolute Gasteiger partial charge is 0.282 e. The van der Waals surface area contributed by atoms with Gasteiger partial charge in [-0.2, -0.15) is 0 Å². The van der Waals surface area contributed by atoms with Crippen LogP contribution in [0.3, 0.4) is 0 Å². The van der Waals surface area contributed by atoms with Crippen molar-refractivity contribution < 1.29 is 4.79 Å². The van der Waals surface area contributed by atoms with Crippen LogP contribution >= 0.6 is 0 Å². The molecule has 164 valence electrons. The van der Waals surface area contributed by atoms with E-state index in [4.69, 9.17) is 0 Å². The molecule has 2 aromatic carbocycles. The van der Waals surface area contributed by atoms with E-state index in [9.17, 15) is 4.79 Å². The highest BCUT2D eigenvalue weighted by Gasteiger charge is 2.18. The monoisotopic (exact) mass is 417 g/mol.